The first-order valence-electron chi connectivity index (χ1n) is 3.08. The van der Waals surface area contributed by atoms with E-state index in [0.717, 1.165) is 11.3 Å². The molecular formula is C9H13N. The highest BCUT2D eigenvalue weighted by Crippen LogP contribution is 2.01. The molecule has 0 spiro atoms. The summed E-state index contributed by atoms with van der Waals surface area (Å²) in [5.74, 6) is 0. The van der Waals surface area contributed by atoms with E-state index in [1.54, 1.807) is 12.3 Å². The molecule has 1 heteroatoms. The van der Waals surface area contributed by atoms with E-state index in [9.17, 15) is 0 Å². The van der Waals surface area contributed by atoms with Gasteiger partial charge in [-0.25, -0.2) is 0 Å². The minimum absolute atomic E-state index is 0.949. The Bertz CT molecular complexity index is 175. The third-order valence-corrected chi connectivity index (χ3v) is 1.00. The van der Waals surface area contributed by atoms with Gasteiger partial charge in [0.1, 0.15) is 0 Å². The largest absolute Gasteiger partial charge is 0.362 e. The number of hydrogen-bond acceptors (Lipinski definition) is 1. The average Bonchev–Trinajstić information content (AvgIpc) is 1.87. The number of rotatable bonds is 4. The molecule has 10 heavy (non-hydrogen) atoms. The predicted octanol–water partition coefficient (Wildman–Crippen LogP) is 2.37. The topological polar surface area (TPSA) is 12.0 Å². The van der Waals surface area contributed by atoms with E-state index in [2.05, 4.69) is 25.1 Å². The standard InChI is InChI=1S/C9H13N/c1-5-7-9(8(3)4)10-6-2/h5-7,10H,1-3H2,4H3/b9-7+. The molecule has 0 rings (SSSR count). The summed E-state index contributed by atoms with van der Waals surface area (Å²) >= 11 is 0. The molecule has 0 aromatic carbocycles. The summed E-state index contributed by atoms with van der Waals surface area (Å²) in [6.07, 6.45) is 5.18. The second-order valence-electron chi connectivity index (χ2n) is 1.94. The molecule has 0 amide bonds. The number of allylic oxidation sites excluding steroid dienone is 3. The van der Waals surface area contributed by atoms with Gasteiger partial charge in [0, 0.05) is 5.70 Å². The Kier molecular flexibility index (Phi) is 4.05. The highest BCUT2D eigenvalue weighted by molar-refractivity contribution is 5.28. The summed E-state index contributed by atoms with van der Waals surface area (Å²) in [4.78, 5) is 0. The molecule has 0 atom stereocenters. The van der Waals surface area contributed by atoms with E-state index in [-0.39, 0.29) is 0 Å². The molecule has 0 unspecified atom stereocenters. The highest BCUT2D eigenvalue weighted by Gasteiger charge is 1.89. The van der Waals surface area contributed by atoms with Crippen LogP contribution in [0.15, 0.2) is 49.4 Å². The van der Waals surface area contributed by atoms with Crippen molar-refractivity contribution in [1.82, 2.24) is 5.32 Å². The molecule has 0 heterocycles. The third kappa shape index (κ3) is 2.92. The van der Waals surface area contributed by atoms with Gasteiger partial charge in [0.2, 0.25) is 0 Å². The number of nitrogens with one attached hydrogen (secondary N) is 1. The molecule has 0 saturated heterocycles. The van der Waals surface area contributed by atoms with Crippen molar-refractivity contribution >= 4 is 0 Å². The molecule has 0 aromatic rings. The van der Waals surface area contributed by atoms with Gasteiger partial charge in [-0.15, -0.1) is 0 Å². The Morgan fingerprint density at radius 3 is 2.30 bits per heavy atom. The Hall–Kier alpha value is -1.24. The molecule has 0 bridgehead atoms. The van der Waals surface area contributed by atoms with E-state index < -0.39 is 0 Å². The second-order valence-corrected chi connectivity index (χ2v) is 1.94. The van der Waals surface area contributed by atoms with Gasteiger partial charge in [0.15, 0.2) is 0 Å². The van der Waals surface area contributed by atoms with Crippen LogP contribution in [-0.2, 0) is 0 Å². The first-order valence-corrected chi connectivity index (χ1v) is 3.08. The Morgan fingerprint density at radius 1 is 1.40 bits per heavy atom. The van der Waals surface area contributed by atoms with Gasteiger partial charge in [-0.1, -0.05) is 25.8 Å². The van der Waals surface area contributed by atoms with Crippen molar-refractivity contribution in [3.05, 3.63) is 49.4 Å². The van der Waals surface area contributed by atoms with Gasteiger partial charge in [-0.2, -0.15) is 0 Å². The van der Waals surface area contributed by atoms with Crippen LogP contribution < -0.4 is 5.32 Å². The second kappa shape index (κ2) is 4.62. The van der Waals surface area contributed by atoms with Crippen molar-refractivity contribution in [3.63, 3.8) is 0 Å². The normalized spacial score (nSPS) is 10.3. The summed E-state index contributed by atoms with van der Waals surface area (Å²) in [5.41, 5.74) is 1.92. The van der Waals surface area contributed by atoms with E-state index >= 15 is 0 Å². The van der Waals surface area contributed by atoms with Crippen LogP contribution >= 0.6 is 0 Å². The lowest BCUT2D eigenvalue weighted by atomic mass is 10.2. The minimum atomic E-state index is 0.949. The Labute approximate surface area is 62.5 Å². The zero-order valence-electron chi connectivity index (χ0n) is 6.35. The van der Waals surface area contributed by atoms with E-state index in [1.807, 2.05) is 13.0 Å². The van der Waals surface area contributed by atoms with Crippen LogP contribution in [0.4, 0.5) is 0 Å². The quantitative estimate of drug-likeness (QED) is 0.583. The smallest absolute Gasteiger partial charge is 0.0403 e. The maximum Gasteiger partial charge on any atom is 0.0403 e. The van der Waals surface area contributed by atoms with Gasteiger partial charge in [-0.05, 0) is 24.8 Å². The highest BCUT2D eigenvalue weighted by atomic mass is 14.8. The van der Waals surface area contributed by atoms with Crippen LogP contribution in [0, 0.1) is 0 Å². The zero-order chi connectivity index (χ0) is 7.98. The first-order chi connectivity index (χ1) is 4.72. The SMILES string of the molecule is C=C/C=C(/NC=C)C(=C)C. The van der Waals surface area contributed by atoms with Gasteiger partial charge in [-0.3, -0.25) is 0 Å². The molecular weight excluding hydrogens is 122 g/mol. The van der Waals surface area contributed by atoms with Gasteiger partial charge >= 0.3 is 0 Å². The fraction of sp³-hybridized carbons (Fsp3) is 0.111. The fourth-order valence-electron chi connectivity index (χ4n) is 0.541. The van der Waals surface area contributed by atoms with Gasteiger partial charge < -0.3 is 5.32 Å². The van der Waals surface area contributed by atoms with Crippen molar-refractivity contribution in [3.8, 4) is 0 Å². The fourth-order valence-corrected chi connectivity index (χ4v) is 0.541. The monoisotopic (exact) mass is 135 g/mol. The lowest BCUT2D eigenvalue weighted by Gasteiger charge is -2.03. The zero-order valence-corrected chi connectivity index (χ0v) is 6.35. The molecule has 0 aromatic heterocycles. The van der Waals surface area contributed by atoms with Crippen LogP contribution in [0.25, 0.3) is 0 Å². The molecule has 0 fully saturated rings. The molecule has 0 aliphatic rings. The van der Waals surface area contributed by atoms with Crippen molar-refractivity contribution in [2.45, 2.75) is 6.92 Å². The average molecular weight is 135 g/mol. The Balaban J connectivity index is 4.24. The summed E-state index contributed by atoms with van der Waals surface area (Å²) in [6.45, 7) is 12.8. The molecule has 54 valence electrons. The van der Waals surface area contributed by atoms with Crippen LogP contribution in [0.2, 0.25) is 0 Å². The molecule has 0 aliphatic carbocycles. The lowest BCUT2D eigenvalue weighted by Crippen LogP contribution is -2.03. The molecule has 0 saturated carbocycles. The summed E-state index contributed by atoms with van der Waals surface area (Å²) in [6, 6.07) is 0. The minimum Gasteiger partial charge on any atom is -0.362 e. The maximum atomic E-state index is 3.77. The number of hydrogen-bond donors (Lipinski definition) is 1. The summed E-state index contributed by atoms with van der Waals surface area (Å²) in [5, 5.41) is 2.94. The van der Waals surface area contributed by atoms with Crippen LogP contribution in [-0.4, -0.2) is 0 Å². The van der Waals surface area contributed by atoms with Crippen molar-refractivity contribution in [2.75, 3.05) is 0 Å². The van der Waals surface area contributed by atoms with Gasteiger partial charge in [0.05, 0.1) is 0 Å². The third-order valence-electron chi connectivity index (χ3n) is 1.00. The van der Waals surface area contributed by atoms with E-state index in [1.165, 1.54) is 0 Å². The van der Waals surface area contributed by atoms with Crippen molar-refractivity contribution in [1.29, 1.82) is 0 Å². The lowest BCUT2D eigenvalue weighted by molar-refractivity contribution is 1.08. The van der Waals surface area contributed by atoms with E-state index in [0.29, 0.717) is 0 Å². The van der Waals surface area contributed by atoms with E-state index in [4.69, 9.17) is 0 Å². The maximum absolute atomic E-state index is 3.77. The van der Waals surface area contributed by atoms with Gasteiger partial charge in [0.25, 0.3) is 0 Å². The Morgan fingerprint density at radius 2 is 2.00 bits per heavy atom. The van der Waals surface area contributed by atoms with Crippen LogP contribution in [0.5, 0.6) is 0 Å². The van der Waals surface area contributed by atoms with Crippen molar-refractivity contribution in [2.24, 2.45) is 0 Å². The predicted molar refractivity (Wildman–Crippen MR) is 46.4 cm³/mol. The molecule has 1 nitrogen and oxygen atoms in total. The van der Waals surface area contributed by atoms with Crippen LogP contribution in [0.3, 0.4) is 0 Å². The van der Waals surface area contributed by atoms with Crippen LogP contribution in [0.1, 0.15) is 6.92 Å². The summed E-state index contributed by atoms with van der Waals surface area (Å²) in [7, 11) is 0. The molecule has 0 aliphatic heterocycles. The summed E-state index contributed by atoms with van der Waals surface area (Å²) < 4.78 is 0. The van der Waals surface area contributed by atoms with Crippen molar-refractivity contribution < 1.29 is 0 Å². The molecule has 0 radical (unpaired) electrons. The first kappa shape index (κ1) is 8.76. The molecule has 1 N–H and O–H groups in total.